The highest BCUT2D eigenvalue weighted by Gasteiger charge is 2.14. The van der Waals surface area contributed by atoms with Crippen LogP contribution in [0.25, 0.3) is 0 Å². The minimum Gasteiger partial charge on any atom is -0.493 e. The number of hydrogen-bond acceptors (Lipinski definition) is 5. The summed E-state index contributed by atoms with van der Waals surface area (Å²) in [6.45, 7) is 1.43. The van der Waals surface area contributed by atoms with Crippen molar-refractivity contribution in [2.24, 2.45) is 0 Å². The standard InChI is InChI=1S/C19H20FNO6/c1-12(27-15-6-4-14(20)5-7-15)10-21-19(24)13-3-8-16(25-2)17(9-13)26-11-18(22)23/h3-9,12H,10-11H2,1-2H3,(H,21,24)(H,22,23). The lowest BCUT2D eigenvalue weighted by molar-refractivity contribution is -0.139. The van der Waals surface area contributed by atoms with Crippen molar-refractivity contribution in [3.8, 4) is 17.2 Å². The first kappa shape index (κ1) is 20.0. The van der Waals surface area contributed by atoms with E-state index in [0.717, 1.165) is 0 Å². The van der Waals surface area contributed by atoms with E-state index in [0.29, 0.717) is 11.5 Å². The van der Waals surface area contributed by atoms with Crippen molar-refractivity contribution in [2.45, 2.75) is 13.0 Å². The van der Waals surface area contributed by atoms with Crippen molar-refractivity contribution in [3.63, 3.8) is 0 Å². The molecule has 7 nitrogen and oxygen atoms in total. The van der Waals surface area contributed by atoms with E-state index in [1.54, 1.807) is 6.92 Å². The molecule has 144 valence electrons. The van der Waals surface area contributed by atoms with E-state index < -0.39 is 12.6 Å². The van der Waals surface area contributed by atoms with Gasteiger partial charge in [-0.1, -0.05) is 0 Å². The molecule has 0 heterocycles. The number of halogens is 1. The molecular weight excluding hydrogens is 357 g/mol. The number of carboxylic acids is 1. The molecule has 0 aromatic heterocycles. The van der Waals surface area contributed by atoms with Crippen LogP contribution in [0.4, 0.5) is 4.39 Å². The Morgan fingerprint density at radius 2 is 1.85 bits per heavy atom. The number of carbonyl (C=O) groups excluding carboxylic acids is 1. The van der Waals surface area contributed by atoms with Gasteiger partial charge in [0.2, 0.25) is 0 Å². The summed E-state index contributed by atoms with van der Waals surface area (Å²) < 4.78 is 28.7. The predicted molar refractivity (Wildman–Crippen MR) is 94.9 cm³/mol. The average Bonchev–Trinajstić information content (AvgIpc) is 2.66. The third kappa shape index (κ3) is 6.18. The summed E-state index contributed by atoms with van der Waals surface area (Å²) in [6, 6.07) is 10.0. The maximum absolute atomic E-state index is 12.9. The molecule has 0 saturated heterocycles. The zero-order valence-electron chi connectivity index (χ0n) is 14.9. The van der Waals surface area contributed by atoms with Gasteiger partial charge in [0.25, 0.3) is 5.91 Å². The number of methoxy groups -OCH3 is 1. The van der Waals surface area contributed by atoms with E-state index in [1.165, 1.54) is 49.6 Å². The monoisotopic (exact) mass is 377 g/mol. The van der Waals surface area contributed by atoms with Crippen LogP contribution in [0.1, 0.15) is 17.3 Å². The van der Waals surface area contributed by atoms with Gasteiger partial charge < -0.3 is 24.6 Å². The Kier molecular flexibility index (Phi) is 6.99. The lowest BCUT2D eigenvalue weighted by Gasteiger charge is -2.16. The normalized spacial score (nSPS) is 11.4. The Bertz CT molecular complexity index is 793. The van der Waals surface area contributed by atoms with Crippen LogP contribution in [0.3, 0.4) is 0 Å². The molecule has 2 aromatic rings. The third-order valence-electron chi connectivity index (χ3n) is 3.48. The van der Waals surface area contributed by atoms with E-state index in [4.69, 9.17) is 19.3 Å². The Morgan fingerprint density at radius 1 is 1.15 bits per heavy atom. The fourth-order valence-electron chi connectivity index (χ4n) is 2.20. The quantitative estimate of drug-likeness (QED) is 0.697. The number of ether oxygens (including phenoxy) is 3. The second kappa shape index (κ2) is 9.42. The molecule has 0 bridgehead atoms. The summed E-state index contributed by atoms with van der Waals surface area (Å²) >= 11 is 0. The zero-order chi connectivity index (χ0) is 19.8. The van der Waals surface area contributed by atoms with Gasteiger partial charge in [-0.3, -0.25) is 4.79 Å². The second-order valence-electron chi connectivity index (χ2n) is 5.64. The maximum atomic E-state index is 12.9. The van der Waals surface area contributed by atoms with Crippen LogP contribution in [0.2, 0.25) is 0 Å². The Morgan fingerprint density at radius 3 is 2.48 bits per heavy atom. The third-order valence-corrected chi connectivity index (χ3v) is 3.48. The summed E-state index contributed by atoms with van der Waals surface area (Å²) in [5.41, 5.74) is 0.283. The number of carboxylic acid groups (broad SMARTS) is 1. The number of benzene rings is 2. The first-order valence-corrected chi connectivity index (χ1v) is 8.12. The smallest absolute Gasteiger partial charge is 0.341 e. The zero-order valence-corrected chi connectivity index (χ0v) is 14.9. The maximum Gasteiger partial charge on any atom is 0.341 e. The largest absolute Gasteiger partial charge is 0.493 e. The molecule has 0 aliphatic rings. The van der Waals surface area contributed by atoms with Crippen molar-refractivity contribution < 1.29 is 33.3 Å². The minimum atomic E-state index is -1.14. The topological polar surface area (TPSA) is 94.1 Å². The van der Waals surface area contributed by atoms with Gasteiger partial charge in [0, 0.05) is 5.56 Å². The molecule has 8 heteroatoms. The summed E-state index contributed by atoms with van der Waals surface area (Å²) in [7, 11) is 1.41. The van der Waals surface area contributed by atoms with Gasteiger partial charge in [-0.05, 0) is 49.4 Å². The molecule has 0 radical (unpaired) electrons. The first-order chi connectivity index (χ1) is 12.9. The Hall–Kier alpha value is -3.29. The van der Waals surface area contributed by atoms with Crippen LogP contribution in [-0.2, 0) is 4.79 Å². The van der Waals surface area contributed by atoms with E-state index in [9.17, 15) is 14.0 Å². The molecule has 1 unspecified atom stereocenters. The van der Waals surface area contributed by atoms with Gasteiger partial charge in [0.05, 0.1) is 13.7 Å². The molecule has 0 aliphatic heterocycles. The van der Waals surface area contributed by atoms with E-state index in [1.807, 2.05) is 0 Å². The summed E-state index contributed by atoms with van der Waals surface area (Å²) in [5.74, 6) is -0.911. The highest BCUT2D eigenvalue weighted by molar-refractivity contribution is 5.94. The number of aliphatic carboxylic acids is 1. The highest BCUT2D eigenvalue weighted by Crippen LogP contribution is 2.28. The fraction of sp³-hybridized carbons (Fsp3) is 0.263. The van der Waals surface area contributed by atoms with Gasteiger partial charge in [0.15, 0.2) is 18.1 Å². The van der Waals surface area contributed by atoms with Crippen molar-refractivity contribution in [3.05, 3.63) is 53.8 Å². The van der Waals surface area contributed by atoms with Crippen LogP contribution in [0.5, 0.6) is 17.2 Å². The Balaban J connectivity index is 1.95. The predicted octanol–water partition coefficient (Wildman–Crippen LogP) is 2.50. The van der Waals surface area contributed by atoms with Crippen molar-refractivity contribution >= 4 is 11.9 Å². The molecular formula is C19H20FNO6. The van der Waals surface area contributed by atoms with Crippen molar-refractivity contribution in [1.29, 1.82) is 0 Å². The molecule has 0 aliphatic carbocycles. The summed E-state index contributed by atoms with van der Waals surface area (Å²) in [6.07, 6.45) is -0.347. The number of amides is 1. The van der Waals surface area contributed by atoms with Crippen LogP contribution >= 0.6 is 0 Å². The Labute approximate surface area is 155 Å². The first-order valence-electron chi connectivity index (χ1n) is 8.12. The lowest BCUT2D eigenvalue weighted by Crippen LogP contribution is -2.33. The SMILES string of the molecule is COc1ccc(C(=O)NCC(C)Oc2ccc(F)cc2)cc1OCC(=O)O. The van der Waals surface area contributed by atoms with E-state index in [2.05, 4.69) is 5.32 Å². The van der Waals surface area contributed by atoms with Crippen LogP contribution in [0.15, 0.2) is 42.5 Å². The van der Waals surface area contributed by atoms with Crippen molar-refractivity contribution in [2.75, 3.05) is 20.3 Å². The molecule has 1 amide bonds. The fourth-order valence-corrected chi connectivity index (χ4v) is 2.20. The van der Waals surface area contributed by atoms with Crippen LogP contribution < -0.4 is 19.5 Å². The molecule has 2 aromatic carbocycles. The summed E-state index contributed by atoms with van der Waals surface area (Å²) in [4.78, 5) is 23.0. The van der Waals surface area contributed by atoms with Crippen LogP contribution in [0, 0.1) is 5.82 Å². The van der Waals surface area contributed by atoms with E-state index >= 15 is 0 Å². The van der Waals surface area contributed by atoms with Crippen LogP contribution in [-0.4, -0.2) is 43.3 Å². The molecule has 1 atom stereocenters. The van der Waals surface area contributed by atoms with E-state index in [-0.39, 0.29) is 35.7 Å². The number of hydrogen-bond donors (Lipinski definition) is 2. The number of carbonyl (C=O) groups is 2. The highest BCUT2D eigenvalue weighted by atomic mass is 19.1. The number of rotatable bonds is 9. The van der Waals surface area contributed by atoms with Gasteiger partial charge >= 0.3 is 5.97 Å². The molecule has 27 heavy (non-hydrogen) atoms. The van der Waals surface area contributed by atoms with Gasteiger partial charge in [-0.2, -0.15) is 0 Å². The lowest BCUT2D eigenvalue weighted by atomic mass is 10.2. The van der Waals surface area contributed by atoms with Gasteiger partial charge in [-0.15, -0.1) is 0 Å². The van der Waals surface area contributed by atoms with Gasteiger partial charge in [-0.25, -0.2) is 9.18 Å². The van der Waals surface area contributed by atoms with Gasteiger partial charge in [0.1, 0.15) is 17.7 Å². The summed E-state index contributed by atoms with van der Waals surface area (Å²) in [5, 5.41) is 11.4. The average molecular weight is 377 g/mol. The molecule has 0 spiro atoms. The molecule has 0 fully saturated rings. The molecule has 2 rings (SSSR count). The molecule has 0 saturated carbocycles. The minimum absolute atomic E-state index is 0.156. The number of nitrogens with one attached hydrogen (secondary N) is 1. The second-order valence-corrected chi connectivity index (χ2v) is 5.64. The molecule has 2 N–H and O–H groups in total. The van der Waals surface area contributed by atoms with Crippen molar-refractivity contribution in [1.82, 2.24) is 5.32 Å².